The highest BCUT2D eigenvalue weighted by atomic mass is 79.9. The van der Waals surface area contributed by atoms with Crippen LogP contribution in [0.2, 0.25) is 0 Å². The van der Waals surface area contributed by atoms with Gasteiger partial charge in [-0.25, -0.2) is 4.39 Å². The quantitative estimate of drug-likeness (QED) is 0.838. The summed E-state index contributed by atoms with van der Waals surface area (Å²) in [5, 5.41) is 5.74. The Morgan fingerprint density at radius 2 is 2.19 bits per heavy atom. The molecular weight excluding hydrogens is 339 g/mol. The lowest BCUT2D eigenvalue weighted by atomic mass is 10.2. The fourth-order valence-corrected chi connectivity index (χ4v) is 2.09. The van der Waals surface area contributed by atoms with Crippen LogP contribution >= 0.6 is 15.9 Å². The largest absolute Gasteiger partial charge is 0.467 e. The van der Waals surface area contributed by atoms with Crippen LogP contribution in [0.15, 0.2) is 45.5 Å². The molecule has 21 heavy (non-hydrogen) atoms. The van der Waals surface area contributed by atoms with Crippen molar-refractivity contribution in [3.8, 4) is 0 Å². The molecule has 1 atom stereocenters. The van der Waals surface area contributed by atoms with Crippen molar-refractivity contribution in [3.05, 3.63) is 58.2 Å². The Kier molecular flexibility index (Phi) is 5.52. The molecule has 0 saturated carbocycles. The Morgan fingerprint density at radius 3 is 2.86 bits per heavy atom. The Hall–Kier alpha value is -1.66. The van der Waals surface area contributed by atoms with Crippen molar-refractivity contribution in [3.63, 3.8) is 0 Å². The third-order valence-electron chi connectivity index (χ3n) is 3.02. The van der Waals surface area contributed by atoms with Gasteiger partial charge in [-0.05, 0) is 31.2 Å². The van der Waals surface area contributed by atoms with E-state index in [4.69, 9.17) is 4.42 Å². The molecule has 1 unspecified atom stereocenters. The zero-order valence-electron chi connectivity index (χ0n) is 11.5. The number of benzene rings is 1. The standard InChI is InChI=1S/C15H16BrFN2O2/c1-10(15(20)19-9-13-3-2-6-21-13)18-8-11-4-5-12(16)7-14(11)17/h2-7,10,18H,8-9H2,1H3,(H,19,20). The van der Waals surface area contributed by atoms with E-state index in [1.807, 2.05) is 0 Å². The number of hydrogen-bond donors (Lipinski definition) is 2. The summed E-state index contributed by atoms with van der Waals surface area (Å²) in [4.78, 5) is 11.9. The Bertz CT molecular complexity index is 602. The van der Waals surface area contributed by atoms with Crippen LogP contribution in [0.3, 0.4) is 0 Å². The molecule has 2 N–H and O–H groups in total. The van der Waals surface area contributed by atoms with Gasteiger partial charge in [0, 0.05) is 16.6 Å². The van der Waals surface area contributed by atoms with Gasteiger partial charge in [0.05, 0.1) is 18.8 Å². The average molecular weight is 355 g/mol. The molecule has 0 aliphatic rings. The SMILES string of the molecule is CC(NCc1ccc(Br)cc1F)C(=O)NCc1ccco1. The minimum atomic E-state index is -0.428. The van der Waals surface area contributed by atoms with Gasteiger partial charge in [-0.2, -0.15) is 0 Å². The molecule has 0 saturated heterocycles. The number of furan rings is 1. The van der Waals surface area contributed by atoms with Gasteiger partial charge in [-0.3, -0.25) is 4.79 Å². The summed E-state index contributed by atoms with van der Waals surface area (Å²) in [5.74, 6) is 0.221. The van der Waals surface area contributed by atoms with Gasteiger partial charge in [0.2, 0.25) is 5.91 Å². The van der Waals surface area contributed by atoms with Crippen LogP contribution in [-0.4, -0.2) is 11.9 Å². The second-order valence-corrected chi connectivity index (χ2v) is 5.55. The molecule has 0 radical (unpaired) electrons. The molecule has 1 heterocycles. The summed E-state index contributed by atoms with van der Waals surface area (Å²) >= 11 is 3.21. The smallest absolute Gasteiger partial charge is 0.237 e. The van der Waals surface area contributed by atoms with E-state index >= 15 is 0 Å². The van der Waals surface area contributed by atoms with Crippen molar-refractivity contribution >= 4 is 21.8 Å². The predicted octanol–water partition coefficient (Wildman–Crippen LogP) is 2.98. The van der Waals surface area contributed by atoms with E-state index in [9.17, 15) is 9.18 Å². The molecule has 1 amide bonds. The van der Waals surface area contributed by atoms with Gasteiger partial charge in [0.1, 0.15) is 11.6 Å². The van der Waals surface area contributed by atoms with E-state index in [2.05, 4.69) is 26.6 Å². The van der Waals surface area contributed by atoms with Crippen LogP contribution in [0.4, 0.5) is 4.39 Å². The lowest BCUT2D eigenvalue weighted by molar-refractivity contribution is -0.123. The molecule has 0 fully saturated rings. The number of carbonyl (C=O) groups excluding carboxylic acids is 1. The Balaban J connectivity index is 1.80. The summed E-state index contributed by atoms with van der Waals surface area (Å²) in [7, 11) is 0. The molecule has 0 bridgehead atoms. The Morgan fingerprint density at radius 1 is 1.38 bits per heavy atom. The maximum atomic E-state index is 13.7. The van der Waals surface area contributed by atoms with Crippen LogP contribution in [-0.2, 0) is 17.9 Å². The molecule has 112 valence electrons. The minimum absolute atomic E-state index is 0.163. The molecule has 1 aromatic heterocycles. The van der Waals surface area contributed by atoms with Crippen molar-refractivity contribution in [1.29, 1.82) is 0 Å². The zero-order valence-corrected chi connectivity index (χ0v) is 13.1. The van der Waals surface area contributed by atoms with Gasteiger partial charge >= 0.3 is 0 Å². The van der Waals surface area contributed by atoms with E-state index in [1.54, 1.807) is 37.5 Å². The van der Waals surface area contributed by atoms with E-state index in [-0.39, 0.29) is 18.3 Å². The van der Waals surface area contributed by atoms with Gasteiger partial charge in [-0.1, -0.05) is 22.0 Å². The molecule has 0 aliphatic heterocycles. The summed E-state index contributed by atoms with van der Waals surface area (Å²) in [6, 6.07) is 7.97. The third kappa shape index (κ3) is 4.68. The van der Waals surface area contributed by atoms with Crippen molar-refractivity contribution < 1.29 is 13.6 Å². The Labute approximate surface area is 130 Å². The average Bonchev–Trinajstić information content (AvgIpc) is 2.96. The first kappa shape index (κ1) is 15.7. The van der Waals surface area contributed by atoms with Gasteiger partial charge in [-0.15, -0.1) is 0 Å². The fraction of sp³-hybridized carbons (Fsp3) is 0.267. The summed E-state index contributed by atoms with van der Waals surface area (Å²) in [5.41, 5.74) is 0.517. The molecule has 0 spiro atoms. The predicted molar refractivity (Wildman–Crippen MR) is 81.0 cm³/mol. The number of hydrogen-bond acceptors (Lipinski definition) is 3. The second-order valence-electron chi connectivity index (χ2n) is 4.64. The first-order valence-corrected chi connectivity index (χ1v) is 7.33. The van der Waals surface area contributed by atoms with Crippen LogP contribution in [0.25, 0.3) is 0 Å². The van der Waals surface area contributed by atoms with E-state index < -0.39 is 6.04 Å². The van der Waals surface area contributed by atoms with Crippen molar-refractivity contribution in [1.82, 2.24) is 10.6 Å². The highest BCUT2D eigenvalue weighted by molar-refractivity contribution is 9.10. The molecule has 2 aromatic rings. The summed E-state index contributed by atoms with van der Waals surface area (Å²) < 4.78 is 19.5. The number of halogens is 2. The monoisotopic (exact) mass is 354 g/mol. The lowest BCUT2D eigenvalue weighted by Gasteiger charge is -2.14. The van der Waals surface area contributed by atoms with Gasteiger partial charge in [0.25, 0.3) is 0 Å². The van der Waals surface area contributed by atoms with E-state index in [0.29, 0.717) is 22.3 Å². The maximum Gasteiger partial charge on any atom is 0.237 e. The van der Waals surface area contributed by atoms with Crippen molar-refractivity contribution in [2.75, 3.05) is 0 Å². The molecule has 0 aliphatic carbocycles. The van der Waals surface area contributed by atoms with Gasteiger partial charge < -0.3 is 15.1 Å². The van der Waals surface area contributed by atoms with Crippen LogP contribution in [0.5, 0.6) is 0 Å². The lowest BCUT2D eigenvalue weighted by Crippen LogP contribution is -2.41. The number of amides is 1. The molecule has 4 nitrogen and oxygen atoms in total. The van der Waals surface area contributed by atoms with E-state index in [0.717, 1.165) is 0 Å². The summed E-state index contributed by atoms with van der Waals surface area (Å²) in [6.07, 6.45) is 1.56. The van der Waals surface area contributed by atoms with Crippen molar-refractivity contribution in [2.45, 2.75) is 26.1 Å². The van der Waals surface area contributed by atoms with Crippen LogP contribution in [0.1, 0.15) is 18.2 Å². The normalized spacial score (nSPS) is 12.1. The zero-order chi connectivity index (χ0) is 15.2. The van der Waals surface area contributed by atoms with Crippen molar-refractivity contribution in [2.24, 2.45) is 0 Å². The van der Waals surface area contributed by atoms with Crippen LogP contribution in [0, 0.1) is 5.82 Å². The fourth-order valence-electron chi connectivity index (χ4n) is 1.76. The first-order valence-electron chi connectivity index (χ1n) is 6.53. The molecule has 2 rings (SSSR count). The number of rotatable bonds is 6. The van der Waals surface area contributed by atoms with E-state index in [1.165, 1.54) is 6.07 Å². The highest BCUT2D eigenvalue weighted by Crippen LogP contribution is 2.15. The first-order chi connectivity index (χ1) is 10.1. The summed E-state index contributed by atoms with van der Waals surface area (Å²) in [6.45, 7) is 2.35. The minimum Gasteiger partial charge on any atom is -0.467 e. The van der Waals surface area contributed by atoms with Crippen LogP contribution < -0.4 is 10.6 Å². The third-order valence-corrected chi connectivity index (χ3v) is 3.52. The molecular formula is C15H16BrFN2O2. The second kappa shape index (κ2) is 7.38. The number of nitrogens with one attached hydrogen (secondary N) is 2. The van der Waals surface area contributed by atoms with Gasteiger partial charge in [0.15, 0.2) is 0 Å². The highest BCUT2D eigenvalue weighted by Gasteiger charge is 2.13. The maximum absolute atomic E-state index is 13.7. The number of carbonyl (C=O) groups is 1. The molecule has 6 heteroatoms. The molecule has 1 aromatic carbocycles. The topological polar surface area (TPSA) is 54.3 Å².